The minimum atomic E-state index is -1.04. The van der Waals surface area contributed by atoms with Crippen molar-refractivity contribution in [2.75, 3.05) is 0 Å². The second kappa shape index (κ2) is 6.63. The van der Waals surface area contributed by atoms with Gasteiger partial charge in [-0.15, -0.1) is 0 Å². The maximum atomic E-state index is 14.1. The van der Waals surface area contributed by atoms with Crippen LogP contribution in [0.2, 0.25) is 0 Å². The van der Waals surface area contributed by atoms with E-state index in [2.05, 4.69) is 4.98 Å². The molecule has 0 aliphatic carbocycles. The summed E-state index contributed by atoms with van der Waals surface area (Å²) in [4.78, 5) is 14.7. The highest BCUT2D eigenvalue weighted by Gasteiger charge is 2.16. The van der Waals surface area contributed by atoms with Gasteiger partial charge in [0.15, 0.2) is 11.6 Å². The van der Waals surface area contributed by atoms with Gasteiger partial charge in [-0.25, -0.2) is 8.78 Å². The van der Waals surface area contributed by atoms with Crippen LogP contribution in [0.15, 0.2) is 65.6 Å². The lowest BCUT2D eigenvalue weighted by atomic mass is 9.92. The number of phenolic OH excluding ortho intramolecular Hbond substituents is 1. The van der Waals surface area contributed by atoms with E-state index in [9.17, 15) is 18.7 Å². The van der Waals surface area contributed by atoms with Crippen molar-refractivity contribution in [2.24, 2.45) is 0 Å². The number of nitrogens with one attached hydrogen (secondary N) is 1. The Morgan fingerprint density at radius 2 is 1.54 bits per heavy atom. The van der Waals surface area contributed by atoms with Crippen molar-refractivity contribution in [1.82, 2.24) is 4.98 Å². The molecule has 0 saturated carbocycles. The first-order valence-electron chi connectivity index (χ1n) is 8.32. The van der Waals surface area contributed by atoms with Crippen LogP contribution in [-0.2, 0) is 0 Å². The molecule has 4 nitrogen and oxygen atoms in total. The molecule has 0 aliphatic heterocycles. The molecule has 0 bridgehead atoms. The average Bonchev–Trinajstić information content (AvgIpc) is 2.70. The number of phenols is 1. The van der Waals surface area contributed by atoms with Gasteiger partial charge in [-0.2, -0.15) is 5.26 Å². The summed E-state index contributed by atoms with van der Waals surface area (Å²) in [6, 6.07) is 14.8. The quantitative estimate of drug-likeness (QED) is 0.533. The van der Waals surface area contributed by atoms with E-state index in [4.69, 9.17) is 5.26 Å². The lowest BCUT2D eigenvalue weighted by Gasteiger charge is -2.13. The van der Waals surface area contributed by atoms with Crippen molar-refractivity contribution in [1.29, 1.82) is 5.26 Å². The number of halogens is 2. The minimum absolute atomic E-state index is 0.0538. The molecule has 0 spiro atoms. The van der Waals surface area contributed by atoms with Gasteiger partial charge < -0.3 is 10.1 Å². The van der Waals surface area contributed by atoms with E-state index in [1.807, 2.05) is 6.07 Å². The van der Waals surface area contributed by atoms with Crippen LogP contribution in [0.3, 0.4) is 0 Å². The smallest absolute Gasteiger partial charge is 0.255 e. The fourth-order valence-electron chi connectivity index (χ4n) is 3.20. The Morgan fingerprint density at radius 3 is 2.21 bits per heavy atom. The van der Waals surface area contributed by atoms with Gasteiger partial charge in [-0.3, -0.25) is 4.79 Å². The second-order valence-corrected chi connectivity index (χ2v) is 6.26. The van der Waals surface area contributed by atoms with Crippen molar-refractivity contribution in [2.45, 2.75) is 0 Å². The molecule has 0 amide bonds. The highest BCUT2D eigenvalue weighted by molar-refractivity contribution is 6.00. The Morgan fingerprint density at radius 1 is 0.857 bits per heavy atom. The Labute approximate surface area is 157 Å². The third-order valence-electron chi connectivity index (χ3n) is 4.56. The van der Waals surface area contributed by atoms with Crippen LogP contribution in [0.5, 0.6) is 5.75 Å². The Kier molecular flexibility index (Phi) is 4.13. The number of pyridine rings is 1. The first kappa shape index (κ1) is 17.4. The molecule has 4 aromatic rings. The van der Waals surface area contributed by atoms with Crippen molar-refractivity contribution >= 4 is 10.8 Å². The molecular weight excluding hydrogens is 362 g/mol. The summed E-state index contributed by atoms with van der Waals surface area (Å²) in [6.07, 6.45) is 1.41. The standard InChI is InChI=1S/C22H12F2N2O2/c23-20-8-16(13-3-1-12(10-25)2-4-13)18(9-21(20)24)19-11-26-22(28)15-6-5-14(27)7-17(15)19/h1-9,11,27H,(H,26,28). The highest BCUT2D eigenvalue weighted by atomic mass is 19.2. The number of hydrogen-bond donors (Lipinski definition) is 2. The molecule has 1 aromatic heterocycles. The van der Waals surface area contributed by atoms with E-state index in [-0.39, 0.29) is 11.3 Å². The summed E-state index contributed by atoms with van der Waals surface area (Å²) in [5, 5.41) is 19.5. The van der Waals surface area contributed by atoms with Gasteiger partial charge in [0.25, 0.3) is 5.56 Å². The molecule has 0 saturated heterocycles. The topological polar surface area (TPSA) is 76.9 Å². The molecule has 0 fully saturated rings. The van der Waals surface area contributed by atoms with E-state index in [1.165, 1.54) is 24.4 Å². The van der Waals surface area contributed by atoms with Gasteiger partial charge in [-0.05, 0) is 59.2 Å². The summed E-state index contributed by atoms with van der Waals surface area (Å²) in [6.45, 7) is 0. The Hall–Kier alpha value is -3.98. The van der Waals surface area contributed by atoms with Crippen molar-refractivity contribution < 1.29 is 13.9 Å². The maximum Gasteiger partial charge on any atom is 0.255 e. The monoisotopic (exact) mass is 374 g/mol. The van der Waals surface area contributed by atoms with Crippen LogP contribution in [0.4, 0.5) is 8.78 Å². The fourth-order valence-corrected chi connectivity index (χ4v) is 3.20. The van der Waals surface area contributed by atoms with Crippen LogP contribution >= 0.6 is 0 Å². The largest absolute Gasteiger partial charge is 0.508 e. The Balaban J connectivity index is 2.06. The second-order valence-electron chi connectivity index (χ2n) is 6.26. The first-order valence-corrected chi connectivity index (χ1v) is 8.32. The third kappa shape index (κ3) is 2.89. The predicted octanol–water partition coefficient (Wildman–Crippen LogP) is 4.72. The molecule has 0 unspecified atom stereocenters. The number of rotatable bonds is 2. The first-order chi connectivity index (χ1) is 13.5. The van der Waals surface area contributed by atoms with Crippen LogP contribution in [0.1, 0.15) is 5.56 Å². The van der Waals surface area contributed by atoms with Gasteiger partial charge in [0, 0.05) is 22.5 Å². The summed E-state index contributed by atoms with van der Waals surface area (Å²) < 4.78 is 28.1. The normalized spacial score (nSPS) is 10.8. The molecule has 28 heavy (non-hydrogen) atoms. The van der Waals surface area contributed by atoms with Gasteiger partial charge in [0.1, 0.15) is 5.75 Å². The molecule has 136 valence electrons. The number of aromatic nitrogens is 1. The van der Waals surface area contributed by atoms with Crippen LogP contribution in [0.25, 0.3) is 33.0 Å². The van der Waals surface area contributed by atoms with E-state index >= 15 is 0 Å². The summed E-state index contributed by atoms with van der Waals surface area (Å²) >= 11 is 0. The minimum Gasteiger partial charge on any atom is -0.508 e. The van der Waals surface area contributed by atoms with Crippen molar-refractivity contribution in [3.63, 3.8) is 0 Å². The number of aromatic hydroxyl groups is 1. The molecule has 1 heterocycles. The molecule has 0 radical (unpaired) electrons. The summed E-state index contributed by atoms with van der Waals surface area (Å²) in [5.41, 5.74) is 1.82. The van der Waals surface area contributed by atoms with Crippen molar-refractivity contribution in [3.05, 3.63) is 88.3 Å². The maximum absolute atomic E-state index is 14.1. The average molecular weight is 374 g/mol. The van der Waals surface area contributed by atoms with Crippen LogP contribution in [0, 0.1) is 23.0 Å². The predicted molar refractivity (Wildman–Crippen MR) is 102 cm³/mol. The zero-order valence-electron chi connectivity index (χ0n) is 14.3. The fraction of sp³-hybridized carbons (Fsp3) is 0. The molecule has 0 aliphatic rings. The molecular formula is C22H12F2N2O2. The van der Waals surface area contributed by atoms with Gasteiger partial charge in [-0.1, -0.05) is 12.1 Å². The van der Waals surface area contributed by atoms with E-state index in [1.54, 1.807) is 24.3 Å². The molecule has 2 N–H and O–H groups in total. The summed E-state index contributed by atoms with van der Waals surface area (Å²) in [7, 11) is 0. The zero-order valence-corrected chi connectivity index (χ0v) is 14.3. The van der Waals surface area contributed by atoms with Gasteiger partial charge >= 0.3 is 0 Å². The number of hydrogen-bond acceptors (Lipinski definition) is 3. The molecule has 3 aromatic carbocycles. The molecule has 6 heteroatoms. The van der Waals surface area contributed by atoms with Crippen LogP contribution < -0.4 is 5.56 Å². The molecule has 4 rings (SSSR count). The van der Waals surface area contributed by atoms with Crippen molar-refractivity contribution in [3.8, 4) is 34.1 Å². The lowest BCUT2D eigenvalue weighted by molar-refractivity contribution is 0.476. The van der Waals surface area contributed by atoms with E-state index in [0.717, 1.165) is 12.1 Å². The third-order valence-corrected chi connectivity index (χ3v) is 4.56. The summed E-state index contributed by atoms with van der Waals surface area (Å²) in [5.74, 6) is -2.10. The number of H-pyrrole nitrogens is 1. The van der Waals surface area contributed by atoms with E-state index in [0.29, 0.717) is 38.6 Å². The number of nitriles is 1. The van der Waals surface area contributed by atoms with Gasteiger partial charge in [0.05, 0.1) is 11.6 Å². The van der Waals surface area contributed by atoms with Gasteiger partial charge in [0.2, 0.25) is 0 Å². The number of fused-ring (bicyclic) bond motifs is 1. The number of aromatic amines is 1. The zero-order chi connectivity index (χ0) is 19.8. The van der Waals surface area contributed by atoms with Crippen LogP contribution in [-0.4, -0.2) is 10.1 Å². The SMILES string of the molecule is N#Cc1ccc(-c2cc(F)c(F)cc2-c2c[nH]c(=O)c3ccc(O)cc23)cc1. The Bertz CT molecular complexity index is 1320. The molecule has 0 atom stereocenters. The lowest BCUT2D eigenvalue weighted by Crippen LogP contribution is -2.06. The highest BCUT2D eigenvalue weighted by Crippen LogP contribution is 2.37. The van der Waals surface area contributed by atoms with E-state index < -0.39 is 11.6 Å². The number of nitrogens with zero attached hydrogens (tertiary/aromatic N) is 1. The number of benzene rings is 3.